The van der Waals surface area contributed by atoms with Gasteiger partial charge in [-0.15, -0.1) is 0 Å². The van der Waals surface area contributed by atoms with Crippen LogP contribution in [0.2, 0.25) is 5.02 Å². The lowest BCUT2D eigenvalue weighted by atomic mass is 9.83. The molecule has 11 nitrogen and oxygen atoms in total. The number of pyridine rings is 1. The Morgan fingerprint density at radius 3 is 2.44 bits per heavy atom. The van der Waals surface area contributed by atoms with Crippen molar-refractivity contribution in [2.24, 2.45) is 5.92 Å². The molecule has 0 bridgehead atoms. The van der Waals surface area contributed by atoms with Crippen LogP contribution in [0, 0.1) is 5.92 Å². The van der Waals surface area contributed by atoms with E-state index in [0.29, 0.717) is 12.3 Å². The standard InChI is InChI=1S/C17H16ClF3N4O7/c1-30-14(28)16(15(29)31-2)9-10(32-24-16)13(27)25(12(9)26)4-3-22-11-8(18)5-7(6-23-11)17(19,20)21/h5-6,9-10,24H,3-4H2,1-2H3,(H,22,23). The number of anilines is 1. The summed E-state index contributed by atoms with van der Waals surface area (Å²) in [4.78, 5) is 59.5. The fraction of sp³-hybridized carbons (Fsp3) is 0.471. The number of methoxy groups -OCH3 is 2. The first-order valence-corrected chi connectivity index (χ1v) is 9.28. The Hall–Kier alpha value is -2.97. The van der Waals surface area contributed by atoms with Crippen molar-refractivity contribution in [2.45, 2.75) is 17.8 Å². The number of carbonyl (C=O) groups is 4. The maximum atomic E-state index is 12.9. The zero-order valence-electron chi connectivity index (χ0n) is 16.5. The molecule has 2 aliphatic heterocycles. The first kappa shape index (κ1) is 23.7. The molecule has 0 spiro atoms. The Morgan fingerprint density at radius 2 is 1.91 bits per heavy atom. The summed E-state index contributed by atoms with van der Waals surface area (Å²) in [6.07, 6.45) is -5.54. The number of fused-ring (bicyclic) bond motifs is 1. The molecule has 3 rings (SSSR count). The van der Waals surface area contributed by atoms with E-state index >= 15 is 0 Å². The summed E-state index contributed by atoms with van der Waals surface area (Å²) in [7, 11) is 1.96. The fourth-order valence-corrected chi connectivity index (χ4v) is 3.66. The number of hydrogen-bond donors (Lipinski definition) is 2. The maximum Gasteiger partial charge on any atom is 0.417 e. The van der Waals surface area contributed by atoms with Crippen LogP contribution in [0.3, 0.4) is 0 Å². The third kappa shape index (κ3) is 3.73. The molecular formula is C17H16ClF3N4O7. The molecule has 174 valence electrons. The average molecular weight is 481 g/mol. The highest BCUT2D eigenvalue weighted by Crippen LogP contribution is 2.39. The predicted molar refractivity (Wildman–Crippen MR) is 97.7 cm³/mol. The third-order valence-corrected chi connectivity index (χ3v) is 5.26. The molecule has 2 saturated heterocycles. The zero-order valence-corrected chi connectivity index (χ0v) is 17.2. The van der Waals surface area contributed by atoms with Crippen LogP contribution in [0.1, 0.15) is 5.56 Å². The molecule has 0 aliphatic carbocycles. The average Bonchev–Trinajstić information content (AvgIpc) is 3.26. The van der Waals surface area contributed by atoms with E-state index in [1.165, 1.54) is 0 Å². The van der Waals surface area contributed by atoms with Gasteiger partial charge < -0.3 is 14.8 Å². The Kier molecular flexibility index (Phi) is 6.31. The number of carbonyl (C=O) groups excluding carboxylic acids is 4. The first-order chi connectivity index (χ1) is 15.0. The van der Waals surface area contributed by atoms with Crippen molar-refractivity contribution in [3.63, 3.8) is 0 Å². The Bertz CT molecular complexity index is 958. The van der Waals surface area contributed by atoms with Crippen molar-refractivity contribution in [2.75, 3.05) is 32.6 Å². The van der Waals surface area contributed by atoms with Gasteiger partial charge >= 0.3 is 18.1 Å². The highest BCUT2D eigenvalue weighted by Gasteiger charge is 2.71. The van der Waals surface area contributed by atoms with E-state index in [1.807, 2.05) is 0 Å². The highest BCUT2D eigenvalue weighted by atomic mass is 35.5. The van der Waals surface area contributed by atoms with Crippen LogP contribution < -0.4 is 10.8 Å². The van der Waals surface area contributed by atoms with Crippen molar-refractivity contribution in [3.05, 3.63) is 22.8 Å². The van der Waals surface area contributed by atoms with Gasteiger partial charge in [0.1, 0.15) is 11.7 Å². The minimum Gasteiger partial charge on any atom is -0.467 e. The van der Waals surface area contributed by atoms with Gasteiger partial charge in [0, 0.05) is 19.3 Å². The number of halogens is 4. The van der Waals surface area contributed by atoms with Gasteiger partial charge in [0.05, 0.1) is 24.8 Å². The highest BCUT2D eigenvalue weighted by molar-refractivity contribution is 6.33. The molecule has 3 heterocycles. The summed E-state index contributed by atoms with van der Waals surface area (Å²) in [6, 6.07) is 0.675. The van der Waals surface area contributed by atoms with E-state index in [9.17, 15) is 32.3 Å². The van der Waals surface area contributed by atoms with Gasteiger partial charge in [0.15, 0.2) is 6.10 Å². The third-order valence-electron chi connectivity index (χ3n) is 4.97. The van der Waals surface area contributed by atoms with Gasteiger partial charge in [-0.2, -0.15) is 18.7 Å². The lowest BCUT2D eigenvalue weighted by Crippen LogP contribution is -2.61. The minimum absolute atomic E-state index is 0.102. The summed E-state index contributed by atoms with van der Waals surface area (Å²) < 4.78 is 47.3. The van der Waals surface area contributed by atoms with Crippen molar-refractivity contribution < 1.29 is 46.7 Å². The fourth-order valence-electron chi connectivity index (χ4n) is 3.42. The lowest BCUT2D eigenvalue weighted by Gasteiger charge is -2.26. The van der Waals surface area contributed by atoms with Gasteiger partial charge in [0.2, 0.25) is 5.91 Å². The number of nitrogens with one attached hydrogen (secondary N) is 2. The molecule has 0 radical (unpaired) electrons. The molecule has 2 N–H and O–H groups in total. The van der Waals surface area contributed by atoms with Crippen LogP contribution in [-0.4, -0.2) is 72.6 Å². The van der Waals surface area contributed by atoms with Crippen molar-refractivity contribution in [1.29, 1.82) is 0 Å². The molecule has 2 amide bonds. The topological polar surface area (TPSA) is 136 Å². The van der Waals surface area contributed by atoms with E-state index < -0.39 is 53.1 Å². The molecule has 0 aromatic carbocycles. The van der Waals surface area contributed by atoms with Gasteiger partial charge in [-0.1, -0.05) is 11.6 Å². The zero-order chi connectivity index (χ0) is 23.8. The van der Waals surface area contributed by atoms with Crippen LogP contribution in [0.5, 0.6) is 0 Å². The van der Waals surface area contributed by atoms with Crippen molar-refractivity contribution >= 4 is 41.2 Å². The summed E-state index contributed by atoms with van der Waals surface area (Å²) in [5, 5.41) is 2.30. The van der Waals surface area contributed by atoms with E-state index in [2.05, 4.69) is 25.3 Å². The summed E-state index contributed by atoms with van der Waals surface area (Å²) in [5.41, 5.74) is -1.31. The molecule has 15 heteroatoms. The van der Waals surface area contributed by atoms with Crippen LogP contribution in [0.25, 0.3) is 0 Å². The molecular weight excluding hydrogens is 465 g/mol. The van der Waals surface area contributed by atoms with Crippen LogP contribution in [0.4, 0.5) is 19.0 Å². The van der Waals surface area contributed by atoms with Crippen LogP contribution in [-0.2, 0) is 39.7 Å². The van der Waals surface area contributed by atoms with E-state index in [-0.39, 0.29) is 23.9 Å². The largest absolute Gasteiger partial charge is 0.467 e. The summed E-state index contributed by atoms with van der Waals surface area (Å²) in [5.74, 6) is -5.79. The number of aromatic nitrogens is 1. The Balaban J connectivity index is 1.74. The molecule has 0 saturated carbocycles. The van der Waals surface area contributed by atoms with E-state index in [0.717, 1.165) is 19.1 Å². The normalized spacial score (nSPS) is 22.0. The molecule has 1 aromatic rings. The second-order valence-electron chi connectivity index (χ2n) is 6.72. The number of rotatable bonds is 6. The number of likely N-dealkylation sites (tertiary alicyclic amines) is 1. The lowest BCUT2D eigenvalue weighted by molar-refractivity contribution is -0.171. The molecule has 2 unspecified atom stereocenters. The number of alkyl halides is 3. The molecule has 2 aliphatic rings. The Morgan fingerprint density at radius 1 is 1.28 bits per heavy atom. The molecule has 2 fully saturated rings. The van der Waals surface area contributed by atoms with E-state index in [1.54, 1.807) is 0 Å². The molecule has 32 heavy (non-hydrogen) atoms. The first-order valence-electron chi connectivity index (χ1n) is 8.90. The number of imide groups is 1. The van der Waals surface area contributed by atoms with Gasteiger partial charge in [-0.25, -0.2) is 14.6 Å². The quantitative estimate of drug-likeness (QED) is 0.328. The SMILES string of the molecule is COC(=O)C1(C(=O)OC)NOC2C(=O)N(CCNc3ncc(C(F)(F)F)cc3Cl)C(=O)C21. The van der Waals surface area contributed by atoms with Crippen LogP contribution in [0.15, 0.2) is 12.3 Å². The van der Waals surface area contributed by atoms with Gasteiger partial charge in [-0.05, 0) is 6.07 Å². The van der Waals surface area contributed by atoms with Gasteiger partial charge in [-0.3, -0.25) is 19.3 Å². The number of nitrogens with zero attached hydrogens (tertiary/aromatic N) is 2. The summed E-state index contributed by atoms with van der Waals surface area (Å²) >= 11 is 5.80. The minimum atomic E-state index is -4.62. The Labute approximate surface area is 183 Å². The molecule has 2 atom stereocenters. The maximum absolute atomic E-state index is 12.9. The number of esters is 2. The number of amides is 2. The summed E-state index contributed by atoms with van der Waals surface area (Å²) in [6.45, 7) is -0.433. The van der Waals surface area contributed by atoms with Gasteiger partial charge in [0.25, 0.3) is 11.4 Å². The van der Waals surface area contributed by atoms with Crippen molar-refractivity contribution in [1.82, 2.24) is 15.4 Å². The second kappa shape index (κ2) is 8.52. The van der Waals surface area contributed by atoms with E-state index in [4.69, 9.17) is 16.4 Å². The number of hydrogen-bond acceptors (Lipinski definition) is 10. The van der Waals surface area contributed by atoms with Crippen molar-refractivity contribution in [3.8, 4) is 0 Å². The monoisotopic (exact) mass is 480 g/mol. The predicted octanol–water partition coefficient (Wildman–Crippen LogP) is 0.139. The number of hydroxylamine groups is 1. The smallest absolute Gasteiger partial charge is 0.417 e. The number of ether oxygens (including phenoxy) is 2. The molecule has 1 aromatic heterocycles. The second-order valence-corrected chi connectivity index (χ2v) is 7.12. The van der Waals surface area contributed by atoms with Crippen LogP contribution >= 0.6 is 11.6 Å².